The highest BCUT2D eigenvalue weighted by Gasteiger charge is 2.37. The number of carbonyl (C=O) groups excluding carboxylic acids is 2. The molecule has 1 aliphatic rings. The fourth-order valence-corrected chi connectivity index (χ4v) is 3.56. The second kappa shape index (κ2) is 8.65. The van der Waals surface area contributed by atoms with E-state index in [-0.39, 0.29) is 36.7 Å². The zero-order valence-electron chi connectivity index (χ0n) is 13.3. The molecule has 0 spiro atoms. The number of aldehydes is 1. The Morgan fingerprint density at radius 1 is 1.20 bits per heavy atom. The van der Waals surface area contributed by atoms with Gasteiger partial charge in [0.15, 0.2) is 0 Å². The maximum atomic E-state index is 12.5. The predicted octanol–water partition coefficient (Wildman–Crippen LogP) is 4.68. The topological polar surface area (TPSA) is 50.3 Å². The first-order valence-electron chi connectivity index (χ1n) is 7.73. The number of aromatic nitrogens is 1. The molecule has 132 valence electrons. The van der Waals surface area contributed by atoms with Crippen LogP contribution in [0.1, 0.15) is 30.7 Å². The van der Waals surface area contributed by atoms with Crippen molar-refractivity contribution in [3.05, 3.63) is 58.2 Å². The summed E-state index contributed by atoms with van der Waals surface area (Å²) in [4.78, 5) is 29.7. The molecular formula is C18H17Cl3N2O2. The van der Waals surface area contributed by atoms with E-state index in [9.17, 15) is 9.59 Å². The zero-order chi connectivity index (χ0) is 17.1. The molecule has 1 unspecified atom stereocenters. The molecule has 0 bridgehead atoms. The van der Waals surface area contributed by atoms with Crippen molar-refractivity contribution in [3.8, 4) is 0 Å². The summed E-state index contributed by atoms with van der Waals surface area (Å²) < 4.78 is 0. The minimum Gasteiger partial charge on any atom is -0.303 e. The standard InChI is InChI=1S/C18H16Cl2N2O2.ClH/c19-14-6-4-12(11-15(14)20)13-5-7-18(24)22(16(13)8-10-23)17-3-1-2-9-21-17;/h1-4,6,9-11,13,16H,5,7-8H2;1H/t13-,16?;/m0./s1. The normalized spacial score (nSPS) is 20.1. The number of anilines is 1. The largest absolute Gasteiger partial charge is 0.303 e. The van der Waals surface area contributed by atoms with Crippen molar-refractivity contribution in [2.75, 3.05) is 4.90 Å². The lowest BCUT2D eigenvalue weighted by atomic mass is 9.82. The molecule has 1 saturated heterocycles. The van der Waals surface area contributed by atoms with Crippen LogP contribution in [-0.4, -0.2) is 23.2 Å². The van der Waals surface area contributed by atoms with Gasteiger partial charge >= 0.3 is 0 Å². The average molecular weight is 400 g/mol. The van der Waals surface area contributed by atoms with Crippen molar-refractivity contribution in [1.82, 2.24) is 4.98 Å². The van der Waals surface area contributed by atoms with E-state index in [2.05, 4.69) is 4.98 Å². The van der Waals surface area contributed by atoms with Crippen LogP contribution >= 0.6 is 35.6 Å². The number of amides is 1. The Labute approximate surface area is 162 Å². The lowest BCUT2D eigenvalue weighted by Crippen LogP contribution is -2.48. The number of nitrogens with zero attached hydrogens (tertiary/aromatic N) is 2. The van der Waals surface area contributed by atoms with E-state index in [1.807, 2.05) is 18.2 Å². The zero-order valence-corrected chi connectivity index (χ0v) is 15.6. The quantitative estimate of drug-likeness (QED) is 0.701. The van der Waals surface area contributed by atoms with Gasteiger partial charge in [-0.15, -0.1) is 12.4 Å². The second-order valence-electron chi connectivity index (χ2n) is 5.74. The Bertz CT molecular complexity index is 755. The van der Waals surface area contributed by atoms with E-state index in [4.69, 9.17) is 23.2 Å². The highest BCUT2D eigenvalue weighted by atomic mass is 35.5. The number of halogens is 3. The lowest BCUT2D eigenvalue weighted by molar-refractivity contribution is -0.120. The summed E-state index contributed by atoms with van der Waals surface area (Å²) in [6.45, 7) is 0. The Morgan fingerprint density at radius 3 is 2.64 bits per heavy atom. The fourth-order valence-electron chi connectivity index (χ4n) is 3.25. The van der Waals surface area contributed by atoms with Crippen LogP contribution in [0, 0.1) is 0 Å². The fraction of sp³-hybridized carbons (Fsp3) is 0.278. The summed E-state index contributed by atoms with van der Waals surface area (Å²) >= 11 is 12.1. The first kappa shape index (κ1) is 19.7. The maximum Gasteiger partial charge on any atom is 0.228 e. The molecule has 1 aromatic carbocycles. The van der Waals surface area contributed by atoms with E-state index in [1.165, 1.54) is 0 Å². The Kier molecular flexibility index (Phi) is 6.82. The van der Waals surface area contributed by atoms with Gasteiger partial charge in [0.25, 0.3) is 0 Å². The number of piperidine rings is 1. The lowest BCUT2D eigenvalue weighted by Gasteiger charge is -2.40. The van der Waals surface area contributed by atoms with E-state index >= 15 is 0 Å². The third kappa shape index (κ3) is 4.14. The molecule has 0 N–H and O–H groups in total. The minimum atomic E-state index is -0.282. The van der Waals surface area contributed by atoms with E-state index in [0.29, 0.717) is 28.7 Å². The minimum absolute atomic E-state index is 0. The van der Waals surface area contributed by atoms with Crippen molar-refractivity contribution < 1.29 is 9.59 Å². The van der Waals surface area contributed by atoms with Crippen LogP contribution in [0.3, 0.4) is 0 Å². The molecule has 3 rings (SSSR count). The average Bonchev–Trinajstić information content (AvgIpc) is 2.59. The van der Waals surface area contributed by atoms with Crippen molar-refractivity contribution in [2.24, 2.45) is 0 Å². The van der Waals surface area contributed by atoms with Crippen LogP contribution in [-0.2, 0) is 9.59 Å². The van der Waals surface area contributed by atoms with Gasteiger partial charge in [0.05, 0.1) is 16.1 Å². The SMILES string of the molecule is Cl.O=CCC1[C@H](c2ccc(Cl)c(Cl)c2)CCC(=O)N1c1ccccn1. The highest BCUT2D eigenvalue weighted by molar-refractivity contribution is 6.42. The molecule has 4 nitrogen and oxygen atoms in total. The highest BCUT2D eigenvalue weighted by Crippen LogP contribution is 2.38. The van der Waals surface area contributed by atoms with E-state index in [1.54, 1.807) is 29.3 Å². The summed E-state index contributed by atoms with van der Waals surface area (Å²) in [6, 6.07) is 10.6. The van der Waals surface area contributed by atoms with E-state index in [0.717, 1.165) is 11.8 Å². The molecule has 1 aromatic heterocycles. The Morgan fingerprint density at radius 2 is 2.00 bits per heavy atom. The van der Waals surface area contributed by atoms with Crippen LogP contribution in [0.4, 0.5) is 5.82 Å². The van der Waals surface area contributed by atoms with Gasteiger partial charge in [0.2, 0.25) is 5.91 Å². The first-order valence-corrected chi connectivity index (χ1v) is 8.49. The number of benzene rings is 1. The van der Waals surface area contributed by atoms with E-state index < -0.39 is 0 Å². The second-order valence-corrected chi connectivity index (χ2v) is 6.55. The molecule has 0 saturated carbocycles. The van der Waals surface area contributed by atoms with Gasteiger partial charge in [-0.1, -0.05) is 35.3 Å². The van der Waals surface area contributed by atoms with Gasteiger partial charge in [-0.05, 0) is 36.2 Å². The molecular weight excluding hydrogens is 383 g/mol. The molecule has 7 heteroatoms. The molecule has 0 aliphatic carbocycles. The van der Waals surface area contributed by atoms with Gasteiger partial charge in [-0.2, -0.15) is 0 Å². The Hall–Kier alpha value is -1.62. The summed E-state index contributed by atoms with van der Waals surface area (Å²) in [5, 5.41) is 0.959. The molecule has 25 heavy (non-hydrogen) atoms. The van der Waals surface area contributed by atoms with Crippen LogP contribution in [0.5, 0.6) is 0 Å². The maximum absolute atomic E-state index is 12.5. The van der Waals surface area contributed by atoms with Crippen LogP contribution in [0.15, 0.2) is 42.6 Å². The van der Waals surface area contributed by atoms with Gasteiger partial charge in [0, 0.05) is 25.0 Å². The van der Waals surface area contributed by atoms with Crippen molar-refractivity contribution in [1.29, 1.82) is 0 Å². The van der Waals surface area contributed by atoms with Crippen molar-refractivity contribution in [3.63, 3.8) is 0 Å². The summed E-state index contributed by atoms with van der Waals surface area (Å²) in [5.74, 6) is 0.556. The molecule has 2 aromatic rings. The van der Waals surface area contributed by atoms with Crippen LogP contribution in [0.2, 0.25) is 10.0 Å². The van der Waals surface area contributed by atoms with Crippen molar-refractivity contribution >= 4 is 53.6 Å². The Balaban J connectivity index is 0.00000225. The van der Waals surface area contributed by atoms with Crippen LogP contribution < -0.4 is 4.90 Å². The molecule has 0 radical (unpaired) electrons. The molecule has 2 heterocycles. The third-order valence-electron chi connectivity index (χ3n) is 4.34. The number of carbonyl (C=O) groups is 2. The molecule has 2 atom stereocenters. The molecule has 1 aliphatic heterocycles. The van der Waals surface area contributed by atoms with Gasteiger partial charge in [0.1, 0.15) is 12.1 Å². The number of rotatable bonds is 4. The molecule has 1 amide bonds. The summed E-state index contributed by atoms with van der Waals surface area (Å²) in [6.07, 6.45) is 3.80. The van der Waals surface area contributed by atoms with Gasteiger partial charge in [-0.3, -0.25) is 9.69 Å². The number of hydrogen-bond acceptors (Lipinski definition) is 3. The monoisotopic (exact) mass is 398 g/mol. The predicted molar refractivity (Wildman–Crippen MR) is 102 cm³/mol. The smallest absolute Gasteiger partial charge is 0.228 e. The van der Waals surface area contributed by atoms with Crippen LogP contribution in [0.25, 0.3) is 0 Å². The third-order valence-corrected chi connectivity index (χ3v) is 5.08. The van der Waals surface area contributed by atoms with Gasteiger partial charge < -0.3 is 4.79 Å². The van der Waals surface area contributed by atoms with Gasteiger partial charge in [-0.25, -0.2) is 4.98 Å². The molecule has 1 fully saturated rings. The van der Waals surface area contributed by atoms with Crippen molar-refractivity contribution in [2.45, 2.75) is 31.2 Å². The summed E-state index contributed by atoms with van der Waals surface area (Å²) in [7, 11) is 0. The number of hydrogen-bond donors (Lipinski definition) is 0. The summed E-state index contributed by atoms with van der Waals surface area (Å²) in [5.41, 5.74) is 0.977. The number of pyridine rings is 1. The first-order chi connectivity index (χ1) is 11.6.